The Balaban J connectivity index is 1.77. The van der Waals surface area contributed by atoms with Gasteiger partial charge in [-0.25, -0.2) is 4.98 Å². The zero-order chi connectivity index (χ0) is 13.1. The lowest BCUT2D eigenvalue weighted by atomic mass is 9.99. The number of nitrogens with zero attached hydrogens (tertiary/aromatic N) is 2. The van der Waals surface area contributed by atoms with Crippen LogP contribution in [-0.4, -0.2) is 15.6 Å². The maximum atomic E-state index is 6.37. The normalized spacial score (nSPS) is 17.7. The average Bonchev–Trinajstić information content (AvgIpc) is 3.11. The van der Waals surface area contributed by atoms with Crippen molar-refractivity contribution in [1.82, 2.24) is 9.55 Å². The lowest BCUT2D eigenvalue weighted by Crippen LogP contribution is -2.33. The summed E-state index contributed by atoms with van der Waals surface area (Å²) in [5, 5.41) is 0. The van der Waals surface area contributed by atoms with Gasteiger partial charge in [0.05, 0.1) is 0 Å². The fourth-order valence-electron chi connectivity index (χ4n) is 3.07. The zero-order valence-corrected chi connectivity index (χ0v) is 11.2. The third-order valence-electron chi connectivity index (χ3n) is 4.16. The standard InChI is InChI=1S/C16H21N3/c17-15(13-6-4-5-7-13)12-19-11-10-18-16(19)14-8-2-1-3-9-14/h1-3,8-11,13,15H,4-7,12,17H2. The van der Waals surface area contributed by atoms with Crippen LogP contribution in [0.5, 0.6) is 0 Å². The van der Waals surface area contributed by atoms with Crippen LogP contribution in [0.4, 0.5) is 0 Å². The van der Waals surface area contributed by atoms with Crippen molar-refractivity contribution in [3.63, 3.8) is 0 Å². The molecule has 1 aromatic carbocycles. The molecule has 100 valence electrons. The monoisotopic (exact) mass is 255 g/mol. The van der Waals surface area contributed by atoms with Gasteiger partial charge in [-0.2, -0.15) is 0 Å². The summed E-state index contributed by atoms with van der Waals surface area (Å²) in [4.78, 5) is 4.47. The highest BCUT2D eigenvalue weighted by molar-refractivity contribution is 5.55. The lowest BCUT2D eigenvalue weighted by Gasteiger charge is -2.20. The molecule has 1 aliphatic rings. The highest BCUT2D eigenvalue weighted by atomic mass is 15.1. The number of hydrogen-bond acceptors (Lipinski definition) is 2. The van der Waals surface area contributed by atoms with Crippen LogP contribution in [0.2, 0.25) is 0 Å². The van der Waals surface area contributed by atoms with E-state index in [2.05, 4.69) is 21.7 Å². The first-order valence-electron chi connectivity index (χ1n) is 7.17. The fourth-order valence-corrected chi connectivity index (χ4v) is 3.07. The van der Waals surface area contributed by atoms with Crippen molar-refractivity contribution in [2.45, 2.75) is 38.3 Å². The summed E-state index contributed by atoms with van der Waals surface area (Å²) in [5.41, 5.74) is 7.53. The van der Waals surface area contributed by atoms with Gasteiger partial charge in [0.25, 0.3) is 0 Å². The number of rotatable bonds is 4. The molecule has 0 spiro atoms. The molecule has 3 rings (SSSR count). The second kappa shape index (κ2) is 5.57. The van der Waals surface area contributed by atoms with Crippen molar-refractivity contribution in [3.05, 3.63) is 42.7 Å². The van der Waals surface area contributed by atoms with Gasteiger partial charge >= 0.3 is 0 Å². The minimum absolute atomic E-state index is 0.249. The highest BCUT2D eigenvalue weighted by Gasteiger charge is 2.22. The van der Waals surface area contributed by atoms with Crippen LogP contribution in [0.3, 0.4) is 0 Å². The molecule has 0 bridgehead atoms. The number of aromatic nitrogens is 2. The van der Waals surface area contributed by atoms with Gasteiger partial charge in [0.1, 0.15) is 5.82 Å². The van der Waals surface area contributed by atoms with Crippen LogP contribution in [0.1, 0.15) is 25.7 Å². The molecule has 1 aliphatic carbocycles. The summed E-state index contributed by atoms with van der Waals surface area (Å²) in [6, 6.07) is 10.6. The van der Waals surface area contributed by atoms with E-state index in [1.165, 1.54) is 25.7 Å². The Bertz CT molecular complexity index is 512. The van der Waals surface area contributed by atoms with Gasteiger partial charge in [-0.15, -0.1) is 0 Å². The molecule has 1 atom stereocenters. The topological polar surface area (TPSA) is 43.8 Å². The van der Waals surface area contributed by atoms with Crippen molar-refractivity contribution in [2.75, 3.05) is 0 Å². The number of nitrogens with two attached hydrogens (primary N) is 1. The molecular formula is C16H21N3. The van der Waals surface area contributed by atoms with Gasteiger partial charge in [0.15, 0.2) is 0 Å². The first-order chi connectivity index (χ1) is 9.34. The van der Waals surface area contributed by atoms with Crippen molar-refractivity contribution >= 4 is 0 Å². The molecule has 2 N–H and O–H groups in total. The third-order valence-corrected chi connectivity index (χ3v) is 4.16. The second-order valence-corrected chi connectivity index (χ2v) is 5.48. The van der Waals surface area contributed by atoms with E-state index in [9.17, 15) is 0 Å². The quantitative estimate of drug-likeness (QED) is 0.912. The van der Waals surface area contributed by atoms with E-state index >= 15 is 0 Å². The van der Waals surface area contributed by atoms with Crippen molar-refractivity contribution in [1.29, 1.82) is 0 Å². The summed E-state index contributed by atoms with van der Waals surface area (Å²) in [6.45, 7) is 0.870. The van der Waals surface area contributed by atoms with Crippen LogP contribution in [0.25, 0.3) is 11.4 Å². The molecule has 1 fully saturated rings. The van der Waals surface area contributed by atoms with E-state index in [4.69, 9.17) is 5.73 Å². The van der Waals surface area contributed by atoms with Gasteiger partial charge in [0, 0.05) is 30.5 Å². The molecule has 1 heterocycles. The Hall–Kier alpha value is -1.61. The van der Waals surface area contributed by atoms with Gasteiger partial charge < -0.3 is 10.3 Å². The molecule has 19 heavy (non-hydrogen) atoms. The Morgan fingerprint density at radius 1 is 1.21 bits per heavy atom. The van der Waals surface area contributed by atoms with Gasteiger partial charge in [-0.1, -0.05) is 43.2 Å². The molecule has 1 saturated carbocycles. The zero-order valence-electron chi connectivity index (χ0n) is 11.2. The molecule has 3 nitrogen and oxygen atoms in total. The number of benzene rings is 1. The summed E-state index contributed by atoms with van der Waals surface area (Å²) >= 11 is 0. The third kappa shape index (κ3) is 2.71. The molecule has 0 aliphatic heterocycles. The summed E-state index contributed by atoms with van der Waals surface area (Å²) in [5.74, 6) is 1.71. The Kier molecular flexibility index (Phi) is 3.65. The number of hydrogen-bond donors (Lipinski definition) is 1. The van der Waals surface area contributed by atoms with Crippen LogP contribution >= 0.6 is 0 Å². The Morgan fingerprint density at radius 3 is 2.68 bits per heavy atom. The van der Waals surface area contributed by atoms with E-state index in [1.54, 1.807) is 0 Å². The Labute approximate surface area is 114 Å². The number of imidazole rings is 1. The van der Waals surface area contributed by atoms with Crippen LogP contribution in [0, 0.1) is 5.92 Å². The average molecular weight is 255 g/mol. The second-order valence-electron chi connectivity index (χ2n) is 5.48. The van der Waals surface area contributed by atoms with E-state index in [0.717, 1.165) is 17.9 Å². The lowest BCUT2D eigenvalue weighted by molar-refractivity contribution is 0.389. The molecule has 1 aromatic heterocycles. The predicted octanol–water partition coefficient (Wildman–Crippen LogP) is 3.07. The van der Waals surface area contributed by atoms with E-state index in [-0.39, 0.29) is 6.04 Å². The minimum Gasteiger partial charge on any atom is -0.329 e. The molecule has 0 saturated heterocycles. The summed E-state index contributed by atoms with van der Waals surface area (Å²) in [7, 11) is 0. The molecule has 0 amide bonds. The van der Waals surface area contributed by atoms with Crippen molar-refractivity contribution < 1.29 is 0 Å². The predicted molar refractivity (Wildman–Crippen MR) is 77.6 cm³/mol. The van der Waals surface area contributed by atoms with Crippen LogP contribution in [-0.2, 0) is 6.54 Å². The van der Waals surface area contributed by atoms with Gasteiger partial charge in [-0.05, 0) is 18.8 Å². The molecule has 3 heteroatoms. The van der Waals surface area contributed by atoms with E-state index in [1.807, 2.05) is 30.6 Å². The Morgan fingerprint density at radius 2 is 1.95 bits per heavy atom. The molecular weight excluding hydrogens is 234 g/mol. The molecule has 1 unspecified atom stereocenters. The highest BCUT2D eigenvalue weighted by Crippen LogP contribution is 2.28. The van der Waals surface area contributed by atoms with Gasteiger partial charge in [0.2, 0.25) is 0 Å². The van der Waals surface area contributed by atoms with E-state index in [0.29, 0.717) is 5.92 Å². The maximum Gasteiger partial charge on any atom is 0.139 e. The first kappa shape index (κ1) is 12.4. The minimum atomic E-state index is 0.249. The smallest absolute Gasteiger partial charge is 0.139 e. The van der Waals surface area contributed by atoms with Crippen molar-refractivity contribution in [2.24, 2.45) is 11.7 Å². The van der Waals surface area contributed by atoms with Crippen LogP contribution in [0.15, 0.2) is 42.7 Å². The van der Waals surface area contributed by atoms with Crippen molar-refractivity contribution in [3.8, 4) is 11.4 Å². The first-order valence-corrected chi connectivity index (χ1v) is 7.17. The largest absolute Gasteiger partial charge is 0.329 e. The molecule has 0 radical (unpaired) electrons. The SMILES string of the molecule is NC(Cn1ccnc1-c1ccccc1)C1CCCC1. The van der Waals surface area contributed by atoms with Crippen LogP contribution < -0.4 is 5.73 Å². The fraction of sp³-hybridized carbons (Fsp3) is 0.438. The molecule has 2 aromatic rings. The van der Waals surface area contributed by atoms with E-state index < -0.39 is 0 Å². The maximum absolute atomic E-state index is 6.37. The summed E-state index contributed by atoms with van der Waals surface area (Å²) < 4.78 is 2.19. The summed E-state index contributed by atoms with van der Waals surface area (Å²) in [6.07, 6.45) is 9.16. The van der Waals surface area contributed by atoms with Gasteiger partial charge in [-0.3, -0.25) is 0 Å².